The summed E-state index contributed by atoms with van der Waals surface area (Å²) in [5, 5.41) is 10.5. The van der Waals surface area contributed by atoms with Crippen molar-refractivity contribution >= 4 is 0 Å². The maximum Gasteiger partial charge on any atom is 0.0919 e. The molecule has 2 unspecified atom stereocenters. The first kappa shape index (κ1) is 16.5. The number of aryl methyl sites for hydroxylation is 2. The number of rotatable bonds is 6. The Kier molecular flexibility index (Phi) is 5.80. The van der Waals surface area contributed by atoms with Gasteiger partial charge in [-0.1, -0.05) is 37.6 Å². The molecule has 1 aliphatic heterocycles. The number of benzene rings is 1. The molecule has 0 spiro atoms. The standard InChI is InChI=1S/C18H30N2O/c1-5-20(6-2)16-9-10-19(12-16)13-18(21)17-8-7-14(3)11-15(17)4/h7-8,11,16,18,21H,5-6,9-10,12-13H2,1-4H3. The van der Waals surface area contributed by atoms with Crippen molar-refractivity contribution in [3.05, 3.63) is 34.9 Å². The SMILES string of the molecule is CCN(CC)C1CCN(CC(O)c2ccc(C)cc2C)C1. The van der Waals surface area contributed by atoms with Crippen LogP contribution in [0.3, 0.4) is 0 Å². The second-order valence-electron chi connectivity index (χ2n) is 6.30. The Bertz CT molecular complexity index is 457. The van der Waals surface area contributed by atoms with Crippen LogP contribution in [0.25, 0.3) is 0 Å². The first-order valence-electron chi connectivity index (χ1n) is 8.26. The van der Waals surface area contributed by atoms with Gasteiger partial charge in [0, 0.05) is 19.1 Å². The normalized spacial score (nSPS) is 21.1. The van der Waals surface area contributed by atoms with Crippen molar-refractivity contribution in [1.82, 2.24) is 9.80 Å². The van der Waals surface area contributed by atoms with E-state index in [1.54, 1.807) is 0 Å². The van der Waals surface area contributed by atoms with E-state index in [9.17, 15) is 5.11 Å². The first-order chi connectivity index (χ1) is 10.0. The molecule has 1 saturated heterocycles. The smallest absolute Gasteiger partial charge is 0.0919 e. The van der Waals surface area contributed by atoms with E-state index < -0.39 is 0 Å². The van der Waals surface area contributed by atoms with Gasteiger partial charge in [-0.05, 0) is 51.0 Å². The predicted molar refractivity (Wildman–Crippen MR) is 88.6 cm³/mol. The summed E-state index contributed by atoms with van der Waals surface area (Å²) in [5.41, 5.74) is 3.53. The maximum absolute atomic E-state index is 10.5. The predicted octanol–water partition coefficient (Wildman–Crippen LogP) is 2.75. The molecule has 0 aliphatic carbocycles. The molecule has 1 fully saturated rings. The van der Waals surface area contributed by atoms with Gasteiger partial charge in [-0.2, -0.15) is 0 Å². The average molecular weight is 290 g/mol. The fraction of sp³-hybridized carbons (Fsp3) is 0.667. The van der Waals surface area contributed by atoms with Crippen molar-refractivity contribution in [2.24, 2.45) is 0 Å². The Morgan fingerprint density at radius 3 is 2.62 bits per heavy atom. The van der Waals surface area contributed by atoms with Crippen LogP contribution in [0.2, 0.25) is 0 Å². The zero-order valence-electron chi connectivity index (χ0n) is 14.0. The molecule has 1 aromatic carbocycles. The van der Waals surface area contributed by atoms with Crippen LogP contribution in [-0.2, 0) is 0 Å². The van der Waals surface area contributed by atoms with Crippen molar-refractivity contribution in [3.8, 4) is 0 Å². The fourth-order valence-corrected chi connectivity index (χ4v) is 3.56. The fourth-order valence-electron chi connectivity index (χ4n) is 3.56. The van der Waals surface area contributed by atoms with Crippen LogP contribution in [0.15, 0.2) is 18.2 Å². The lowest BCUT2D eigenvalue weighted by Gasteiger charge is -2.27. The number of likely N-dealkylation sites (N-methyl/N-ethyl adjacent to an activating group) is 1. The minimum absolute atomic E-state index is 0.374. The van der Waals surface area contributed by atoms with Gasteiger partial charge < -0.3 is 5.11 Å². The van der Waals surface area contributed by atoms with Crippen LogP contribution in [0.5, 0.6) is 0 Å². The van der Waals surface area contributed by atoms with Crippen LogP contribution in [0.4, 0.5) is 0 Å². The molecule has 1 aromatic rings. The van der Waals surface area contributed by atoms with E-state index in [1.807, 2.05) is 0 Å². The number of aliphatic hydroxyl groups is 1. The van der Waals surface area contributed by atoms with E-state index >= 15 is 0 Å². The number of β-amino-alcohol motifs (C(OH)–C–C–N with tert-alkyl or cyclic N) is 1. The summed E-state index contributed by atoms with van der Waals surface area (Å²) < 4.78 is 0. The number of aliphatic hydroxyl groups excluding tert-OH is 1. The molecule has 3 nitrogen and oxygen atoms in total. The van der Waals surface area contributed by atoms with Crippen molar-refractivity contribution < 1.29 is 5.11 Å². The van der Waals surface area contributed by atoms with Crippen LogP contribution >= 0.6 is 0 Å². The Hall–Kier alpha value is -0.900. The van der Waals surface area contributed by atoms with Gasteiger partial charge in [-0.25, -0.2) is 0 Å². The third-order valence-electron chi connectivity index (χ3n) is 4.79. The van der Waals surface area contributed by atoms with E-state index in [0.29, 0.717) is 6.04 Å². The summed E-state index contributed by atoms with van der Waals surface area (Å²) in [6, 6.07) is 6.98. The molecule has 0 saturated carbocycles. The molecule has 1 aliphatic rings. The highest BCUT2D eigenvalue weighted by atomic mass is 16.3. The van der Waals surface area contributed by atoms with Crippen molar-refractivity contribution in [2.75, 3.05) is 32.7 Å². The van der Waals surface area contributed by atoms with E-state index in [4.69, 9.17) is 0 Å². The molecule has 1 N–H and O–H groups in total. The molecule has 0 aromatic heterocycles. The molecular formula is C18H30N2O. The van der Waals surface area contributed by atoms with Crippen LogP contribution in [-0.4, -0.2) is 53.7 Å². The molecule has 2 rings (SSSR count). The molecule has 1 heterocycles. The van der Waals surface area contributed by atoms with E-state index in [-0.39, 0.29) is 6.10 Å². The Labute approximate surface area is 129 Å². The summed E-state index contributed by atoms with van der Waals surface area (Å²) in [4.78, 5) is 4.94. The minimum Gasteiger partial charge on any atom is -0.387 e. The minimum atomic E-state index is -0.374. The highest BCUT2D eigenvalue weighted by Crippen LogP contribution is 2.23. The molecule has 0 radical (unpaired) electrons. The van der Waals surface area contributed by atoms with Gasteiger partial charge in [0.2, 0.25) is 0 Å². The van der Waals surface area contributed by atoms with Gasteiger partial charge in [0.1, 0.15) is 0 Å². The summed E-state index contributed by atoms with van der Waals surface area (Å²) >= 11 is 0. The third kappa shape index (κ3) is 4.06. The molecule has 21 heavy (non-hydrogen) atoms. The summed E-state index contributed by atoms with van der Waals surface area (Å²) in [6.07, 6.45) is 0.849. The van der Waals surface area contributed by atoms with Crippen molar-refractivity contribution in [3.63, 3.8) is 0 Å². The van der Waals surface area contributed by atoms with E-state index in [2.05, 4.69) is 55.7 Å². The molecule has 118 valence electrons. The second kappa shape index (κ2) is 7.39. The van der Waals surface area contributed by atoms with Gasteiger partial charge in [0.05, 0.1) is 6.10 Å². The van der Waals surface area contributed by atoms with Crippen LogP contribution in [0, 0.1) is 13.8 Å². The Balaban J connectivity index is 1.93. The monoisotopic (exact) mass is 290 g/mol. The van der Waals surface area contributed by atoms with Gasteiger partial charge in [-0.15, -0.1) is 0 Å². The highest BCUT2D eigenvalue weighted by molar-refractivity contribution is 5.32. The Morgan fingerprint density at radius 1 is 1.29 bits per heavy atom. The molecule has 3 heteroatoms. The highest BCUT2D eigenvalue weighted by Gasteiger charge is 2.27. The number of hydrogen-bond donors (Lipinski definition) is 1. The zero-order chi connectivity index (χ0) is 15.4. The summed E-state index contributed by atoms with van der Waals surface area (Å²) in [5.74, 6) is 0. The van der Waals surface area contributed by atoms with Crippen molar-refractivity contribution in [1.29, 1.82) is 0 Å². The first-order valence-corrected chi connectivity index (χ1v) is 8.26. The van der Waals surface area contributed by atoms with Crippen molar-refractivity contribution in [2.45, 2.75) is 46.3 Å². The summed E-state index contributed by atoms with van der Waals surface area (Å²) in [7, 11) is 0. The topological polar surface area (TPSA) is 26.7 Å². The van der Waals surface area contributed by atoms with Gasteiger partial charge in [0.15, 0.2) is 0 Å². The van der Waals surface area contributed by atoms with Crippen LogP contribution < -0.4 is 0 Å². The van der Waals surface area contributed by atoms with Crippen LogP contribution in [0.1, 0.15) is 43.1 Å². The number of likely N-dealkylation sites (tertiary alicyclic amines) is 1. The van der Waals surface area contributed by atoms with E-state index in [0.717, 1.165) is 38.3 Å². The van der Waals surface area contributed by atoms with Gasteiger partial charge >= 0.3 is 0 Å². The quantitative estimate of drug-likeness (QED) is 0.873. The van der Waals surface area contributed by atoms with Gasteiger partial charge in [-0.3, -0.25) is 9.80 Å². The zero-order valence-corrected chi connectivity index (χ0v) is 14.0. The molecule has 0 bridgehead atoms. The second-order valence-corrected chi connectivity index (χ2v) is 6.30. The lowest BCUT2D eigenvalue weighted by molar-refractivity contribution is 0.119. The third-order valence-corrected chi connectivity index (χ3v) is 4.79. The molecule has 0 amide bonds. The maximum atomic E-state index is 10.5. The Morgan fingerprint density at radius 2 is 2.00 bits per heavy atom. The lowest BCUT2D eigenvalue weighted by atomic mass is 10.0. The van der Waals surface area contributed by atoms with Gasteiger partial charge in [0.25, 0.3) is 0 Å². The largest absolute Gasteiger partial charge is 0.387 e. The van der Waals surface area contributed by atoms with E-state index in [1.165, 1.54) is 17.5 Å². The summed E-state index contributed by atoms with van der Waals surface area (Å²) in [6.45, 7) is 13.8. The number of nitrogens with zero attached hydrogens (tertiary/aromatic N) is 2. The lowest BCUT2D eigenvalue weighted by Crippen LogP contribution is -2.38. The number of hydrogen-bond acceptors (Lipinski definition) is 3. The molecular weight excluding hydrogens is 260 g/mol. The average Bonchev–Trinajstić information content (AvgIpc) is 2.88. The molecule has 2 atom stereocenters.